The first-order chi connectivity index (χ1) is 5.22. The maximum Gasteiger partial charge on any atom is -0.00490 e. The Bertz CT molecular complexity index is 85.9. The zero-order valence-corrected chi connectivity index (χ0v) is 9.49. The van der Waals surface area contributed by atoms with Crippen molar-refractivity contribution in [2.24, 2.45) is 17.6 Å². The van der Waals surface area contributed by atoms with Crippen molar-refractivity contribution in [3.05, 3.63) is 0 Å². The van der Waals surface area contributed by atoms with Gasteiger partial charge in [0.25, 0.3) is 0 Å². The van der Waals surface area contributed by atoms with Crippen LogP contribution in [0.1, 0.15) is 46.5 Å². The molecule has 0 saturated carbocycles. The van der Waals surface area contributed by atoms with E-state index in [0.717, 1.165) is 12.5 Å². The zero-order chi connectivity index (χ0) is 8.69. The molecule has 0 aliphatic carbocycles. The fourth-order valence-corrected chi connectivity index (χ4v) is 1.23. The lowest BCUT2D eigenvalue weighted by atomic mass is 9.91. The fraction of sp³-hybridized carbons (Fsp3) is 1.00. The van der Waals surface area contributed by atoms with Crippen molar-refractivity contribution < 1.29 is 0 Å². The third-order valence-electron chi connectivity index (χ3n) is 2.61. The summed E-state index contributed by atoms with van der Waals surface area (Å²) >= 11 is 0. The van der Waals surface area contributed by atoms with E-state index in [0.29, 0.717) is 5.92 Å². The fourth-order valence-electron chi connectivity index (χ4n) is 1.23. The molecule has 0 aromatic carbocycles. The first-order valence-electron chi connectivity index (χ1n) is 4.92. The molecule has 0 rings (SSSR count). The van der Waals surface area contributed by atoms with Crippen LogP contribution >= 0.6 is 12.4 Å². The SMILES string of the molecule is CCCCCC(C)C(C)CN.Cl. The van der Waals surface area contributed by atoms with E-state index in [1.165, 1.54) is 25.7 Å². The lowest BCUT2D eigenvalue weighted by Crippen LogP contribution is -2.18. The summed E-state index contributed by atoms with van der Waals surface area (Å²) in [6.45, 7) is 7.65. The summed E-state index contributed by atoms with van der Waals surface area (Å²) in [4.78, 5) is 0. The second-order valence-corrected chi connectivity index (χ2v) is 3.69. The minimum absolute atomic E-state index is 0. The highest BCUT2D eigenvalue weighted by molar-refractivity contribution is 5.85. The van der Waals surface area contributed by atoms with E-state index in [-0.39, 0.29) is 12.4 Å². The molecule has 0 bridgehead atoms. The van der Waals surface area contributed by atoms with Crippen LogP contribution in [0.3, 0.4) is 0 Å². The van der Waals surface area contributed by atoms with E-state index < -0.39 is 0 Å². The molecular formula is C10H24ClN. The molecule has 76 valence electrons. The summed E-state index contributed by atoms with van der Waals surface area (Å²) < 4.78 is 0. The van der Waals surface area contributed by atoms with Crippen molar-refractivity contribution in [1.82, 2.24) is 0 Å². The van der Waals surface area contributed by atoms with E-state index in [1.807, 2.05) is 0 Å². The predicted octanol–water partition coefficient (Wildman–Crippen LogP) is 3.22. The lowest BCUT2D eigenvalue weighted by molar-refractivity contribution is 0.359. The molecule has 12 heavy (non-hydrogen) atoms. The second kappa shape index (κ2) is 9.34. The average molecular weight is 194 g/mol. The second-order valence-electron chi connectivity index (χ2n) is 3.69. The summed E-state index contributed by atoms with van der Waals surface area (Å²) in [5, 5.41) is 0. The summed E-state index contributed by atoms with van der Waals surface area (Å²) in [5.74, 6) is 1.51. The van der Waals surface area contributed by atoms with Gasteiger partial charge in [0.2, 0.25) is 0 Å². The van der Waals surface area contributed by atoms with Gasteiger partial charge in [-0.1, -0.05) is 46.5 Å². The molecule has 0 fully saturated rings. The highest BCUT2D eigenvalue weighted by atomic mass is 35.5. The van der Waals surface area contributed by atoms with E-state index >= 15 is 0 Å². The van der Waals surface area contributed by atoms with E-state index in [1.54, 1.807) is 0 Å². The number of halogens is 1. The molecule has 2 heteroatoms. The summed E-state index contributed by atoms with van der Waals surface area (Å²) in [5.41, 5.74) is 5.58. The van der Waals surface area contributed by atoms with Crippen molar-refractivity contribution in [3.8, 4) is 0 Å². The third kappa shape index (κ3) is 6.93. The molecule has 2 atom stereocenters. The Morgan fingerprint density at radius 3 is 2.08 bits per heavy atom. The molecule has 0 radical (unpaired) electrons. The van der Waals surface area contributed by atoms with Crippen LogP contribution in [-0.2, 0) is 0 Å². The Kier molecular flexibility index (Phi) is 11.5. The maximum absolute atomic E-state index is 5.58. The van der Waals surface area contributed by atoms with Crippen LogP contribution in [-0.4, -0.2) is 6.54 Å². The Hall–Kier alpha value is 0.250. The average Bonchev–Trinajstić information content (AvgIpc) is 2.03. The normalized spacial score (nSPS) is 15.0. The van der Waals surface area contributed by atoms with Crippen molar-refractivity contribution in [1.29, 1.82) is 0 Å². The quantitative estimate of drug-likeness (QED) is 0.645. The number of rotatable bonds is 6. The Balaban J connectivity index is 0. The highest BCUT2D eigenvalue weighted by Crippen LogP contribution is 2.16. The van der Waals surface area contributed by atoms with Gasteiger partial charge in [0.15, 0.2) is 0 Å². The molecule has 0 aromatic rings. The first kappa shape index (κ1) is 14.8. The van der Waals surface area contributed by atoms with Crippen molar-refractivity contribution in [2.45, 2.75) is 46.5 Å². The van der Waals surface area contributed by atoms with Gasteiger partial charge in [-0.3, -0.25) is 0 Å². The molecule has 0 saturated heterocycles. The van der Waals surface area contributed by atoms with E-state index in [2.05, 4.69) is 20.8 Å². The number of hydrogen-bond donors (Lipinski definition) is 1. The van der Waals surface area contributed by atoms with Gasteiger partial charge >= 0.3 is 0 Å². The molecule has 0 aromatic heterocycles. The highest BCUT2D eigenvalue weighted by Gasteiger charge is 2.08. The van der Waals surface area contributed by atoms with Gasteiger partial charge in [-0.2, -0.15) is 0 Å². The van der Waals surface area contributed by atoms with E-state index in [9.17, 15) is 0 Å². The van der Waals surface area contributed by atoms with Crippen LogP contribution in [0.25, 0.3) is 0 Å². The van der Waals surface area contributed by atoms with Crippen LogP contribution in [0.4, 0.5) is 0 Å². The predicted molar refractivity (Wildman–Crippen MR) is 58.8 cm³/mol. The molecular weight excluding hydrogens is 170 g/mol. The molecule has 2 N–H and O–H groups in total. The number of hydrogen-bond acceptors (Lipinski definition) is 1. The third-order valence-corrected chi connectivity index (χ3v) is 2.61. The van der Waals surface area contributed by atoms with Crippen molar-refractivity contribution in [2.75, 3.05) is 6.54 Å². The van der Waals surface area contributed by atoms with Gasteiger partial charge < -0.3 is 5.73 Å². The van der Waals surface area contributed by atoms with Crippen LogP contribution in [0, 0.1) is 11.8 Å². The van der Waals surface area contributed by atoms with Crippen molar-refractivity contribution >= 4 is 12.4 Å². The summed E-state index contributed by atoms with van der Waals surface area (Å²) in [6.07, 6.45) is 5.43. The van der Waals surface area contributed by atoms with Crippen LogP contribution in [0.5, 0.6) is 0 Å². The summed E-state index contributed by atoms with van der Waals surface area (Å²) in [7, 11) is 0. The number of unbranched alkanes of at least 4 members (excludes halogenated alkanes) is 2. The smallest absolute Gasteiger partial charge is 0.00490 e. The van der Waals surface area contributed by atoms with Crippen LogP contribution < -0.4 is 5.73 Å². The first-order valence-corrected chi connectivity index (χ1v) is 4.92. The Morgan fingerprint density at radius 1 is 1.08 bits per heavy atom. The minimum atomic E-state index is 0. The molecule has 0 heterocycles. The Labute approximate surface area is 83.5 Å². The van der Waals surface area contributed by atoms with Crippen LogP contribution in [0.2, 0.25) is 0 Å². The van der Waals surface area contributed by atoms with Gasteiger partial charge in [0, 0.05) is 0 Å². The van der Waals surface area contributed by atoms with Gasteiger partial charge in [-0.15, -0.1) is 12.4 Å². The van der Waals surface area contributed by atoms with Gasteiger partial charge in [0.05, 0.1) is 0 Å². The molecule has 2 unspecified atom stereocenters. The van der Waals surface area contributed by atoms with Crippen molar-refractivity contribution in [3.63, 3.8) is 0 Å². The largest absolute Gasteiger partial charge is 0.330 e. The summed E-state index contributed by atoms with van der Waals surface area (Å²) in [6, 6.07) is 0. The number of nitrogens with two attached hydrogens (primary N) is 1. The minimum Gasteiger partial charge on any atom is -0.330 e. The topological polar surface area (TPSA) is 26.0 Å². The standard InChI is InChI=1S/C10H23N.ClH/c1-4-5-6-7-9(2)10(3)8-11;/h9-10H,4-8,11H2,1-3H3;1H. The Morgan fingerprint density at radius 2 is 1.67 bits per heavy atom. The molecule has 1 nitrogen and oxygen atoms in total. The molecule has 0 aliphatic heterocycles. The van der Waals surface area contributed by atoms with Gasteiger partial charge in [-0.25, -0.2) is 0 Å². The monoisotopic (exact) mass is 193 g/mol. The van der Waals surface area contributed by atoms with E-state index in [4.69, 9.17) is 5.73 Å². The zero-order valence-electron chi connectivity index (χ0n) is 8.68. The maximum atomic E-state index is 5.58. The van der Waals surface area contributed by atoms with Gasteiger partial charge in [0.1, 0.15) is 0 Å². The molecule has 0 spiro atoms. The van der Waals surface area contributed by atoms with Crippen LogP contribution in [0.15, 0.2) is 0 Å². The lowest BCUT2D eigenvalue weighted by Gasteiger charge is -2.17. The molecule has 0 aliphatic rings. The van der Waals surface area contributed by atoms with Gasteiger partial charge in [-0.05, 0) is 18.4 Å². The molecule has 0 amide bonds.